The van der Waals surface area contributed by atoms with Crippen molar-refractivity contribution in [1.82, 2.24) is 10.3 Å². The van der Waals surface area contributed by atoms with Crippen LogP contribution in [0.4, 0.5) is 16.3 Å². The molecule has 0 bridgehead atoms. The van der Waals surface area contributed by atoms with Crippen molar-refractivity contribution in [3.63, 3.8) is 0 Å². The molecule has 0 unspecified atom stereocenters. The van der Waals surface area contributed by atoms with Crippen LogP contribution in [-0.4, -0.2) is 54.6 Å². The quantitative estimate of drug-likeness (QED) is 0.689. The van der Waals surface area contributed by atoms with E-state index in [9.17, 15) is 4.79 Å². The largest absolute Gasteiger partial charge is 0.444 e. The Morgan fingerprint density at radius 2 is 1.75 bits per heavy atom. The predicted octanol–water partition coefficient (Wildman–Crippen LogP) is 4.64. The summed E-state index contributed by atoms with van der Waals surface area (Å²) in [5.41, 5.74) is 2.13. The molecule has 1 aromatic rings. The van der Waals surface area contributed by atoms with Crippen LogP contribution in [0.2, 0.25) is 0 Å². The Hall–Kier alpha value is -2.02. The van der Waals surface area contributed by atoms with E-state index in [2.05, 4.69) is 41.5 Å². The fourth-order valence-corrected chi connectivity index (χ4v) is 5.49. The SMILES string of the molecule is COC1(C)CCN(c2ccc(NC3CC4(CC(NC(=O)OC(C)(C)C)C4)C3)c(C)n2)CC1. The third-order valence-corrected chi connectivity index (χ3v) is 7.51. The van der Waals surface area contributed by atoms with E-state index in [1.165, 1.54) is 0 Å². The molecule has 2 aliphatic carbocycles. The molecule has 1 aliphatic heterocycles. The van der Waals surface area contributed by atoms with Gasteiger partial charge in [-0.2, -0.15) is 0 Å². The second-order valence-electron chi connectivity index (χ2n) is 11.4. The average molecular weight is 445 g/mol. The number of carbonyl (C=O) groups is 1. The van der Waals surface area contributed by atoms with Crippen LogP contribution in [0.3, 0.4) is 0 Å². The number of hydrogen-bond donors (Lipinski definition) is 2. The third kappa shape index (κ3) is 5.13. The number of nitrogens with one attached hydrogen (secondary N) is 2. The van der Waals surface area contributed by atoms with Gasteiger partial charge in [-0.15, -0.1) is 0 Å². The Labute approximate surface area is 192 Å². The first-order valence-electron chi connectivity index (χ1n) is 12.0. The number of amides is 1. The summed E-state index contributed by atoms with van der Waals surface area (Å²) in [4.78, 5) is 19.2. The van der Waals surface area contributed by atoms with Gasteiger partial charge < -0.3 is 25.0 Å². The van der Waals surface area contributed by atoms with Crippen LogP contribution < -0.4 is 15.5 Å². The average Bonchev–Trinajstić information content (AvgIpc) is 2.65. The molecule has 2 N–H and O–H groups in total. The fraction of sp³-hybridized carbons (Fsp3) is 0.760. The molecule has 1 aromatic heterocycles. The number of anilines is 2. The summed E-state index contributed by atoms with van der Waals surface area (Å²) >= 11 is 0. The van der Waals surface area contributed by atoms with E-state index in [0.29, 0.717) is 11.5 Å². The number of piperidine rings is 1. The highest BCUT2D eigenvalue weighted by Crippen LogP contribution is 2.56. The molecule has 2 saturated carbocycles. The maximum Gasteiger partial charge on any atom is 0.407 e. The maximum atomic E-state index is 11.9. The number of rotatable bonds is 5. The molecule has 0 atom stereocenters. The number of ether oxygens (including phenoxy) is 2. The Morgan fingerprint density at radius 1 is 1.12 bits per heavy atom. The molecular formula is C25H40N4O3. The summed E-state index contributed by atoms with van der Waals surface area (Å²) in [6.45, 7) is 11.9. The van der Waals surface area contributed by atoms with Gasteiger partial charge in [0, 0.05) is 32.3 Å². The van der Waals surface area contributed by atoms with Crippen LogP contribution in [0.25, 0.3) is 0 Å². The lowest BCUT2D eigenvalue weighted by molar-refractivity contribution is -0.0179. The minimum Gasteiger partial charge on any atom is -0.444 e. The molecule has 4 rings (SSSR count). The Bertz CT molecular complexity index is 828. The lowest BCUT2D eigenvalue weighted by atomic mass is 9.52. The molecule has 0 radical (unpaired) electrons. The first kappa shape index (κ1) is 23.1. The van der Waals surface area contributed by atoms with Crippen molar-refractivity contribution >= 4 is 17.6 Å². The van der Waals surface area contributed by atoms with Crippen molar-refractivity contribution in [3.8, 4) is 0 Å². The Morgan fingerprint density at radius 3 is 2.31 bits per heavy atom. The molecule has 178 valence electrons. The van der Waals surface area contributed by atoms with E-state index in [1.807, 2.05) is 27.9 Å². The maximum absolute atomic E-state index is 11.9. The monoisotopic (exact) mass is 444 g/mol. The van der Waals surface area contributed by atoms with E-state index in [-0.39, 0.29) is 17.7 Å². The van der Waals surface area contributed by atoms with E-state index in [4.69, 9.17) is 14.5 Å². The van der Waals surface area contributed by atoms with Gasteiger partial charge in [-0.1, -0.05) is 0 Å². The molecule has 7 nitrogen and oxygen atoms in total. The van der Waals surface area contributed by atoms with Crippen molar-refractivity contribution in [2.45, 2.75) is 96.4 Å². The number of aromatic nitrogens is 1. The zero-order chi connectivity index (χ0) is 23.1. The number of nitrogens with zero attached hydrogens (tertiary/aromatic N) is 2. The minimum atomic E-state index is -0.447. The van der Waals surface area contributed by atoms with Crippen molar-refractivity contribution in [2.24, 2.45) is 5.41 Å². The standard InChI is InChI=1S/C25H40N4O3/c1-17-20(7-8-21(26-17)29-11-9-24(5,31-6)10-12-29)27-18-13-25(14-18)15-19(16-25)28-22(30)32-23(2,3)4/h7-8,18-19,27H,9-16H2,1-6H3,(H,28,30). The number of carbonyl (C=O) groups excluding carboxylic acids is 1. The second kappa shape index (κ2) is 8.40. The summed E-state index contributed by atoms with van der Waals surface area (Å²) in [6.07, 6.45) is 6.17. The van der Waals surface area contributed by atoms with Gasteiger partial charge in [0.05, 0.1) is 17.0 Å². The van der Waals surface area contributed by atoms with Gasteiger partial charge in [-0.3, -0.25) is 0 Å². The molecule has 1 spiro atoms. The predicted molar refractivity (Wildman–Crippen MR) is 127 cm³/mol. The molecular weight excluding hydrogens is 404 g/mol. The van der Waals surface area contributed by atoms with Crippen LogP contribution in [0, 0.1) is 12.3 Å². The van der Waals surface area contributed by atoms with Crippen molar-refractivity contribution in [3.05, 3.63) is 17.8 Å². The third-order valence-electron chi connectivity index (χ3n) is 7.51. The van der Waals surface area contributed by atoms with Crippen molar-refractivity contribution in [1.29, 1.82) is 0 Å². The van der Waals surface area contributed by atoms with E-state index >= 15 is 0 Å². The fourth-order valence-electron chi connectivity index (χ4n) is 5.49. The molecule has 1 saturated heterocycles. The van der Waals surface area contributed by atoms with Gasteiger partial charge in [-0.05, 0) is 90.7 Å². The summed E-state index contributed by atoms with van der Waals surface area (Å²) in [6, 6.07) is 5.06. The highest BCUT2D eigenvalue weighted by molar-refractivity contribution is 5.68. The van der Waals surface area contributed by atoms with Crippen LogP contribution in [0.15, 0.2) is 12.1 Å². The molecule has 7 heteroatoms. The normalized spacial score (nSPS) is 29.1. The van der Waals surface area contributed by atoms with Crippen molar-refractivity contribution in [2.75, 3.05) is 30.4 Å². The Balaban J connectivity index is 1.22. The Kier molecular flexibility index (Phi) is 6.07. The highest BCUT2D eigenvalue weighted by atomic mass is 16.6. The topological polar surface area (TPSA) is 75.7 Å². The smallest absolute Gasteiger partial charge is 0.407 e. The van der Waals surface area contributed by atoms with Crippen LogP contribution in [0.1, 0.15) is 71.9 Å². The summed E-state index contributed by atoms with van der Waals surface area (Å²) in [5, 5.41) is 6.71. The van der Waals surface area contributed by atoms with Gasteiger partial charge in [0.1, 0.15) is 11.4 Å². The highest BCUT2D eigenvalue weighted by Gasteiger charge is 2.53. The lowest BCUT2D eigenvalue weighted by Gasteiger charge is -2.58. The van der Waals surface area contributed by atoms with E-state index in [0.717, 1.165) is 68.8 Å². The van der Waals surface area contributed by atoms with Crippen molar-refractivity contribution < 1.29 is 14.3 Å². The van der Waals surface area contributed by atoms with Crippen LogP contribution >= 0.6 is 0 Å². The summed E-state index contributed by atoms with van der Waals surface area (Å²) < 4.78 is 11.0. The van der Waals surface area contributed by atoms with E-state index < -0.39 is 5.60 Å². The number of alkyl carbamates (subject to hydrolysis) is 1. The van der Waals surface area contributed by atoms with Crippen LogP contribution in [0.5, 0.6) is 0 Å². The van der Waals surface area contributed by atoms with Gasteiger partial charge in [0.25, 0.3) is 0 Å². The first-order valence-corrected chi connectivity index (χ1v) is 12.0. The van der Waals surface area contributed by atoms with Gasteiger partial charge in [0.2, 0.25) is 0 Å². The van der Waals surface area contributed by atoms with Gasteiger partial charge in [-0.25, -0.2) is 9.78 Å². The number of pyridine rings is 1. The summed E-state index contributed by atoms with van der Waals surface area (Å²) in [5.74, 6) is 1.06. The molecule has 0 aromatic carbocycles. The molecule has 3 aliphatic rings. The zero-order valence-electron chi connectivity index (χ0n) is 20.6. The number of methoxy groups -OCH3 is 1. The van der Waals surface area contributed by atoms with Gasteiger partial charge in [0.15, 0.2) is 0 Å². The second-order valence-corrected chi connectivity index (χ2v) is 11.4. The molecule has 2 heterocycles. The van der Waals surface area contributed by atoms with Gasteiger partial charge >= 0.3 is 6.09 Å². The summed E-state index contributed by atoms with van der Waals surface area (Å²) in [7, 11) is 1.81. The number of hydrogen-bond acceptors (Lipinski definition) is 6. The molecule has 1 amide bonds. The molecule has 3 fully saturated rings. The number of aryl methyl sites for hydroxylation is 1. The lowest BCUT2D eigenvalue weighted by Crippen LogP contribution is -2.59. The van der Waals surface area contributed by atoms with Crippen LogP contribution in [-0.2, 0) is 9.47 Å². The van der Waals surface area contributed by atoms with E-state index in [1.54, 1.807) is 0 Å². The zero-order valence-corrected chi connectivity index (χ0v) is 20.6. The first-order chi connectivity index (χ1) is 15.0. The molecule has 32 heavy (non-hydrogen) atoms. The minimum absolute atomic E-state index is 0.00379.